The molecule has 3 rings (SSSR count). The van der Waals surface area contributed by atoms with Crippen LogP contribution in [-0.4, -0.2) is 49.3 Å². The van der Waals surface area contributed by atoms with E-state index in [1.54, 1.807) is 12.1 Å². The van der Waals surface area contributed by atoms with Crippen LogP contribution in [0.2, 0.25) is 0 Å². The first kappa shape index (κ1) is 46.9. The van der Waals surface area contributed by atoms with Gasteiger partial charge in [0.25, 0.3) is 0 Å². The van der Waals surface area contributed by atoms with E-state index in [1.165, 1.54) is 56.0 Å². The summed E-state index contributed by atoms with van der Waals surface area (Å²) in [6, 6.07) is 19.0. The lowest BCUT2D eigenvalue weighted by Crippen LogP contribution is -2.09. The molecule has 0 spiro atoms. The average Bonchev–Trinajstić information content (AvgIpc) is 3.24. The Hall–Kier alpha value is -5.45. The summed E-state index contributed by atoms with van der Waals surface area (Å²) in [5, 5.41) is 11.8. The van der Waals surface area contributed by atoms with Crippen molar-refractivity contribution in [2.24, 2.45) is 0 Å². The lowest BCUT2D eigenvalue weighted by molar-refractivity contribution is -0.385. The summed E-state index contributed by atoms with van der Waals surface area (Å²) in [5.74, 6) is -0.331. The second-order valence-corrected chi connectivity index (χ2v) is 14.2. The largest absolute Gasteiger partial charge is 0.494 e. The fourth-order valence-electron chi connectivity index (χ4n) is 6.25. The summed E-state index contributed by atoms with van der Waals surface area (Å²) in [4.78, 5) is 46.2. The van der Waals surface area contributed by atoms with Gasteiger partial charge >= 0.3 is 23.6 Å². The predicted octanol–water partition coefficient (Wildman–Crippen LogP) is 11.7. The van der Waals surface area contributed by atoms with E-state index in [0.717, 1.165) is 107 Å². The van der Waals surface area contributed by atoms with Gasteiger partial charge in [0.15, 0.2) is 5.75 Å². The lowest BCUT2D eigenvalue weighted by atomic mass is 10.0. The quantitative estimate of drug-likeness (QED) is 0.0150. The molecule has 0 aromatic heterocycles. The summed E-state index contributed by atoms with van der Waals surface area (Å²) in [7, 11) is 0. The van der Waals surface area contributed by atoms with Crippen LogP contribution in [0.5, 0.6) is 17.2 Å². The van der Waals surface area contributed by atoms with Gasteiger partial charge in [-0.15, -0.1) is 0 Å². The molecule has 11 nitrogen and oxygen atoms in total. The zero-order valence-electron chi connectivity index (χ0n) is 34.0. The standard InChI is InChI=1S/C47H61NO10/c1-3-45(49)56-35-21-17-13-9-5-7-11-15-19-33-54-41-29-27-39(28-30-41)38-23-25-40(26-24-38)47(51)58-42-31-32-44(43(37-42)48(52)53)55-34-20-16-12-8-6-10-14-18-22-36-57-46(50)4-2/h3-4,23-32,37H,1-2,5-22,33-36H2. The van der Waals surface area contributed by atoms with Crippen LogP contribution in [0, 0.1) is 10.1 Å². The van der Waals surface area contributed by atoms with E-state index < -0.39 is 10.9 Å². The highest BCUT2D eigenvalue weighted by Crippen LogP contribution is 2.32. The van der Waals surface area contributed by atoms with Crippen LogP contribution in [0.15, 0.2) is 92.0 Å². The molecule has 3 aromatic carbocycles. The summed E-state index contributed by atoms with van der Waals surface area (Å²) in [5.41, 5.74) is 1.97. The van der Waals surface area contributed by atoms with Crippen molar-refractivity contribution in [3.63, 3.8) is 0 Å². The molecule has 0 saturated carbocycles. The third-order valence-electron chi connectivity index (χ3n) is 9.57. The van der Waals surface area contributed by atoms with E-state index in [0.29, 0.717) is 32.0 Å². The molecule has 0 bridgehead atoms. The molecule has 0 aliphatic heterocycles. The Morgan fingerprint density at radius 2 is 0.914 bits per heavy atom. The number of nitro benzene ring substituents is 1. The zero-order chi connectivity index (χ0) is 41.6. The molecule has 0 saturated heterocycles. The Balaban J connectivity index is 1.29. The van der Waals surface area contributed by atoms with Gasteiger partial charge in [-0.1, -0.05) is 127 Å². The monoisotopic (exact) mass is 799 g/mol. The van der Waals surface area contributed by atoms with Crippen LogP contribution in [0.1, 0.15) is 126 Å². The summed E-state index contributed by atoms with van der Waals surface area (Å²) >= 11 is 0. The van der Waals surface area contributed by atoms with Crippen molar-refractivity contribution in [1.29, 1.82) is 0 Å². The SMILES string of the molecule is C=CC(=O)OCCCCCCCCCCCOc1ccc(-c2ccc(C(=O)Oc3ccc(OCCCCCCCCCCCOC(=O)C=C)c([N+](=O)[O-])c3)cc2)cc1. The van der Waals surface area contributed by atoms with E-state index in [2.05, 4.69) is 13.2 Å². The molecule has 314 valence electrons. The number of unbranched alkanes of at least 4 members (excludes halogenated alkanes) is 16. The van der Waals surface area contributed by atoms with Gasteiger partial charge in [-0.3, -0.25) is 10.1 Å². The molecule has 0 radical (unpaired) electrons. The Labute approximate surface area is 343 Å². The second kappa shape index (κ2) is 28.9. The number of carbonyl (C=O) groups excluding carboxylic acids is 3. The first-order valence-corrected chi connectivity index (χ1v) is 20.9. The van der Waals surface area contributed by atoms with Gasteiger partial charge < -0.3 is 23.7 Å². The summed E-state index contributed by atoms with van der Waals surface area (Å²) in [6.45, 7) is 8.70. The normalized spacial score (nSPS) is 10.7. The number of carbonyl (C=O) groups is 3. The minimum Gasteiger partial charge on any atom is -0.494 e. The Bertz CT molecular complexity index is 1690. The molecule has 0 unspecified atom stereocenters. The molecule has 0 heterocycles. The van der Waals surface area contributed by atoms with Gasteiger partial charge in [0.1, 0.15) is 11.5 Å². The molecule has 0 aliphatic rings. The van der Waals surface area contributed by atoms with E-state index >= 15 is 0 Å². The lowest BCUT2D eigenvalue weighted by Gasteiger charge is -2.10. The summed E-state index contributed by atoms with van der Waals surface area (Å²) < 4.78 is 27.1. The van der Waals surface area contributed by atoms with Gasteiger partial charge in [0.2, 0.25) is 0 Å². The van der Waals surface area contributed by atoms with Gasteiger partial charge in [0, 0.05) is 12.2 Å². The maximum absolute atomic E-state index is 12.9. The van der Waals surface area contributed by atoms with Crippen molar-refractivity contribution < 1.29 is 43.0 Å². The van der Waals surface area contributed by atoms with Crippen LogP contribution in [0.3, 0.4) is 0 Å². The number of benzene rings is 3. The minimum atomic E-state index is -0.618. The van der Waals surface area contributed by atoms with E-state index in [-0.39, 0.29) is 29.1 Å². The van der Waals surface area contributed by atoms with Crippen molar-refractivity contribution in [3.05, 3.63) is 108 Å². The van der Waals surface area contributed by atoms with Crippen molar-refractivity contribution in [2.75, 3.05) is 26.4 Å². The highest BCUT2D eigenvalue weighted by atomic mass is 16.6. The molecular formula is C47H61NO10. The third-order valence-corrected chi connectivity index (χ3v) is 9.57. The van der Waals surface area contributed by atoms with Gasteiger partial charge in [-0.05, 0) is 73.2 Å². The van der Waals surface area contributed by atoms with Crippen molar-refractivity contribution >= 4 is 23.6 Å². The number of hydrogen-bond donors (Lipinski definition) is 0. The molecule has 0 fully saturated rings. The maximum atomic E-state index is 12.9. The highest BCUT2D eigenvalue weighted by molar-refractivity contribution is 5.91. The molecule has 0 amide bonds. The van der Waals surface area contributed by atoms with Crippen LogP contribution in [0.25, 0.3) is 11.1 Å². The number of nitrogens with zero attached hydrogens (tertiary/aromatic N) is 1. The fraction of sp³-hybridized carbons (Fsp3) is 0.468. The van der Waals surface area contributed by atoms with Crippen LogP contribution in [-0.2, 0) is 19.1 Å². The van der Waals surface area contributed by atoms with Crippen molar-refractivity contribution in [2.45, 2.75) is 116 Å². The first-order chi connectivity index (χ1) is 28.3. The third kappa shape index (κ3) is 19.6. The van der Waals surface area contributed by atoms with Crippen LogP contribution in [0.4, 0.5) is 5.69 Å². The van der Waals surface area contributed by atoms with Crippen molar-refractivity contribution in [3.8, 4) is 28.4 Å². The fourth-order valence-corrected chi connectivity index (χ4v) is 6.25. The number of esters is 3. The van der Waals surface area contributed by atoms with Gasteiger partial charge in [0.05, 0.1) is 43.0 Å². The Morgan fingerprint density at radius 1 is 0.517 bits per heavy atom. The van der Waals surface area contributed by atoms with Crippen LogP contribution >= 0.6 is 0 Å². The predicted molar refractivity (Wildman–Crippen MR) is 226 cm³/mol. The maximum Gasteiger partial charge on any atom is 0.343 e. The first-order valence-electron chi connectivity index (χ1n) is 20.9. The molecule has 0 aliphatic carbocycles. The number of nitro groups is 1. The molecule has 0 N–H and O–H groups in total. The van der Waals surface area contributed by atoms with Crippen LogP contribution < -0.4 is 14.2 Å². The molecule has 0 atom stereocenters. The second-order valence-electron chi connectivity index (χ2n) is 14.2. The highest BCUT2D eigenvalue weighted by Gasteiger charge is 2.19. The Morgan fingerprint density at radius 3 is 1.36 bits per heavy atom. The van der Waals surface area contributed by atoms with Crippen molar-refractivity contribution in [1.82, 2.24) is 0 Å². The average molecular weight is 800 g/mol. The topological polar surface area (TPSA) is 141 Å². The Kier molecular flexibility index (Phi) is 23.4. The van der Waals surface area contributed by atoms with Gasteiger partial charge in [-0.25, -0.2) is 14.4 Å². The molecule has 11 heteroatoms. The minimum absolute atomic E-state index is 0.0652. The molecular weight excluding hydrogens is 739 g/mol. The number of hydrogen-bond acceptors (Lipinski definition) is 10. The number of rotatable bonds is 32. The van der Waals surface area contributed by atoms with E-state index in [4.69, 9.17) is 23.7 Å². The molecule has 58 heavy (non-hydrogen) atoms. The molecule has 3 aromatic rings. The van der Waals surface area contributed by atoms with E-state index in [9.17, 15) is 24.5 Å². The smallest absolute Gasteiger partial charge is 0.343 e. The summed E-state index contributed by atoms with van der Waals surface area (Å²) in [6.07, 6.45) is 21.7. The van der Waals surface area contributed by atoms with Gasteiger partial charge in [-0.2, -0.15) is 0 Å². The zero-order valence-corrected chi connectivity index (χ0v) is 34.0. The number of ether oxygens (including phenoxy) is 5. The van der Waals surface area contributed by atoms with E-state index in [1.807, 2.05) is 36.4 Å².